The number of hydrogen-bond acceptors (Lipinski definition) is 5. The van der Waals surface area contributed by atoms with E-state index in [9.17, 15) is 0 Å². The predicted octanol–water partition coefficient (Wildman–Crippen LogP) is 1.77. The van der Waals surface area contributed by atoms with E-state index in [-0.39, 0.29) is 0 Å². The Bertz CT molecular complexity index is 598. The number of oxazole rings is 1. The van der Waals surface area contributed by atoms with Gasteiger partial charge in [-0.15, -0.1) is 0 Å². The SMILES string of the molecule is Nc1ccc2oc(CN3CC4CCC(C3)O4)nc2c1. The Kier molecular flexibility index (Phi) is 2.50. The van der Waals surface area contributed by atoms with Gasteiger partial charge in [-0.2, -0.15) is 0 Å². The first kappa shape index (κ1) is 11.3. The molecular formula is C14H17N3O2. The van der Waals surface area contributed by atoms with Gasteiger partial charge in [-0.1, -0.05) is 0 Å². The van der Waals surface area contributed by atoms with Crippen molar-refractivity contribution in [2.45, 2.75) is 31.6 Å². The van der Waals surface area contributed by atoms with E-state index in [0.29, 0.717) is 12.2 Å². The number of rotatable bonds is 2. The van der Waals surface area contributed by atoms with Crippen molar-refractivity contribution in [3.8, 4) is 0 Å². The van der Waals surface area contributed by atoms with Gasteiger partial charge in [0.25, 0.3) is 0 Å². The number of nitrogens with two attached hydrogens (primary N) is 1. The molecule has 4 rings (SSSR count). The summed E-state index contributed by atoms with van der Waals surface area (Å²) in [4.78, 5) is 6.88. The van der Waals surface area contributed by atoms with Crippen LogP contribution in [0.2, 0.25) is 0 Å². The molecule has 2 atom stereocenters. The number of nitrogens with zero attached hydrogens (tertiary/aromatic N) is 2. The van der Waals surface area contributed by atoms with Crippen molar-refractivity contribution in [1.29, 1.82) is 0 Å². The third-order valence-corrected chi connectivity index (χ3v) is 3.93. The Labute approximate surface area is 111 Å². The van der Waals surface area contributed by atoms with Gasteiger partial charge in [0.15, 0.2) is 5.58 Å². The quantitative estimate of drug-likeness (QED) is 0.833. The van der Waals surface area contributed by atoms with Crippen LogP contribution in [0.15, 0.2) is 22.6 Å². The van der Waals surface area contributed by atoms with Crippen LogP contribution >= 0.6 is 0 Å². The summed E-state index contributed by atoms with van der Waals surface area (Å²) in [5.41, 5.74) is 8.12. The highest BCUT2D eigenvalue weighted by Gasteiger charge is 2.34. The summed E-state index contributed by atoms with van der Waals surface area (Å²) in [6, 6.07) is 5.57. The van der Waals surface area contributed by atoms with Gasteiger partial charge in [0.2, 0.25) is 5.89 Å². The standard InChI is InChI=1S/C14H17N3O2/c15-9-1-4-13-12(5-9)16-14(19-13)8-17-6-10-2-3-11(7-17)18-10/h1,4-5,10-11H,2-3,6-8,15H2. The molecule has 0 amide bonds. The molecule has 0 aliphatic carbocycles. The van der Waals surface area contributed by atoms with Crippen molar-refractivity contribution in [2.24, 2.45) is 0 Å². The lowest BCUT2D eigenvalue weighted by Crippen LogP contribution is -2.42. The first-order valence-electron chi connectivity index (χ1n) is 6.79. The summed E-state index contributed by atoms with van der Waals surface area (Å²) in [6.07, 6.45) is 3.17. The van der Waals surface area contributed by atoms with Gasteiger partial charge in [0.1, 0.15) is 5.52 Å². The zero-order valence-corrected chi connectivity index (χ0v) is 10.7. The van der Waals surface area contributed by atoms with E-state index < -0.39 is 0 Å². The monoisotopic (exact) mass is 259 g/mol. The maximum atomic E-state index is 5.83. The van der Waals surface area contributed by atoms with Crippen LogP contribution in [0.4, 0.5) is 5.69 Å². The van der Waals surface area contributed by atoms with Gasteiger partial charge in [0, 0.05) is 18.8 Å². The molecule has 2 N–H and O–H groups in total. The van der Waals surface area contributed by atoms with Gasteiger partial charge in [-0.3, -0.25) is 4.90 Å². The summed E-state index contributed by atoms with van der Waals surface area (Å²) < 4.78 is 11.6. The average molecular weight is 259 g/mol. The number of aromatic nitrogens is 1. The highest BCUT2D eigenvalue weighted by atomic mass is 16.5. The van der Waals surface area contributed by atoms with E-state index in [1.165, 1.54) is 12.8 Å². The van der Waals surface area contributed by atoms with Crippen molar-refractivity contribution in [1.82, 2.24) is 9.88 Å². The van der Waals surface area contributed by atoms with Gasteiger partial charge in [0.05, 0.1) is 18.8 Å². The summed E-state index contributed by atoms with van der Waals surface area (Å²) in [5.74, 6) is 0.766. The number of hydrogen-bond donors (Lipinski definition) is 1. The van der Waals surface area contributed by atoms with Gasteiger partial charge >= 0.3 is 0 Å². The average Bonchev–Trinajstić information content (AvgIpc) is 2.92. The molecule has 2 fully saturated rings. The molecule has 0 spiro atoms. The molecule has 2 aliphatic heterocycles. The van der Waals surface area contributed by atoms with Gasteiger partial charge in [-0.25, -0.2) is 4.98 Å². The fraction of sp³-hybridized carbons (Fsp3) is 0.500. The van der Waals surface area contributed by atoms with Gasteiger partial charge in [-0.05, 0) is 31.0 Å². The molecule has 1 aromatic heterocycles. The van der Waals surface area contributed by atoms with E-state index in [4.69, 9.17) is 14.9 Å². The Hall–Kier alpha value is -1.59. The van der Waals surface area contributed by atoms with Crippen molar-refractivity contribution in [3.05, 3.63) is 24.1 Å². The molecule has 0 saturated carbocycles. The Morgan fingerprint density at radius 1 is 1.26 bits per heavy atom. The normalized spacial score (nSPS) is 27.2. The minimum absolute atomic E-state index is 0.402. The molecule has 2 bridgehead atoms. The van der Waals surface area contributed by atoms with Crippen molar-refractivity contribution < 1.29 is 9.15 Å². The number of benzene rings is 1. The fourth-order valence-corrected chi connectivity index (χ4v) is 3.08. The first-order valence-corrected chi connectivity index (χ1v) is 6.79. The van der Waals surface area contributed by atoms with Crippen LogP contribution in [0.5, 0.6) is 0 Å². The second-order valence-electron chi connectivity index (χ2n) is 5.49. The molecule has 5 nitrogen and oxygen atoms in total. The van der Waals surface area contributed by atoms with Crippen LogP contribution in [0.3, 0.4) is 0 Å². The number of anilines is 1. The fourth-order valence-electron chi connectivity index (χ4n) is 3.08. The second-order valence-corrected chi connectivity index (χ2v) is 5.49. The number of ether oxygens (including phenoxy) is 1. The molecule has 0 radical (unpaired) electrons. The van der Waals surface area contributed by atoms with E-state index in [1.807, 2.05) is 18.2 Å². The third kappa shape index (κ3) is 2.09. The highest BCUT2D eigenvalue weighted by molar-refractivity contribution is 5.76. The lowest BCUT2D eigenvalue weighted by molar-refractivity contribution is -0.0430. The molecule has 1 aromatic carbocycles. The lowest BCUT2D eigenvalue weighted by Gasteiger charge is -2.30. The van der Waals surface area contributed by atoms with Gasteiger partial charge < -0.3 is 14.9 Å². The van der Waals surface area contributed by atoms with E-state index in [1.54, 1.807) is 0 Å². The van der Waals surface area contributed by atoms with Crippen molar-refractivity contribution >= 4 is 16.8 Å². The van der Waals surface area contributed by atoms with Crippen LogP contribution in [0, 0.1) is 0 Å². The highest BCUT2D eigenvalue weighted by Crippen LogP contribution is 2.27. The summed E-state index contributed by atoms with van der Waals surface area (Å²) >= 11 is 0. The summed E-state index contributed by atoms with van der Waals surface area (Å²) in [6.45, 7) is 2.72. The minimum Gasteiger partial charge on any atom is -0.439 e. The Morgan fingerprint density at radius 3 is 2.84 bits per heavy atom. The summed E-state index contributed by atoms with van der Waals surface area (Å²) in [5, 5.41) is 0. The molecule has 5 heteroatoms. The van der Waals surface area contributed by atoms with E-state index >= 15 is 0 Å². The molecule has 100 valence electrons. The maximum Gasteiger partial charge on any atom is 0.209 e. The zero-order chi connectivity index (χ0) is 12.8. The zero-order valence-electron chi connectivity index (χ0n) is 10.7. The van der Waals surface area contributed by atoms with E-state index in [0.717, 1.165) is 42.3 Å². The number of fused-ring (bicyclic) bond motifs is 3. The molecule has 2 aromatic rings. The van der Waals surface area contributed by atoms with Crippen LogP contribution in [0.1, 0.15) is 18.7 Å². The predicted molar refractivity (Wildman–Crippen MR) is 71.6 cm³/mol. The maximum absolute atomic E-state index is 5.83. The van der Waals surface area contributed by atoms with Crippen LogP contribution in [-0.4, -0.2) is 35.2 Å². The molecule has 2 saturated heterocycles. The van der Waals surface area contributed by atoms with Crippen LogP contribution < -0.4 is 5.73 Å². The molecule has 2 aliphatic rings. The largest absolute Gasteiger partial charge is 0.439 e. The lowest BCUT2D eigenvalue weighted by atomic mass is 10.2. The molecule has 3 heterocycles. The number of nitrogen functional groups attached to an aromatic ring is 1. The minimum atomic E-state index is 0.402. The molecule has 2 unspecified atom stereocenters. The second kappa shape index (κ2) is 4.21. The number of morpholine rings is 1. The number of likely N-dealkylation sites (tertiary alicyclic amines) is 1. The topological polar surface area (TPSA) is 64.5 Å². The first-order chi connectivity index (χ1) is 9.26. The Balaban J connectivity index is 1.54. The van der Waals surface area contributed by atoms with Crippen LogP contribution in [0.25, 0.3) is 11.1 Å². The third-order valence-electron chi connectivity index (χ3n) is 3.93. The van der Waals surface area contributed by atoms with E-state index in [2.05, 4.69) is 9.88 Å². The van der Waals surface area contributed by atoms with Crippen molar-refractivity contribution in [2.75, 3.05) is 18.8 Å². The molecular weight excluding hydrogens is 242 g/mol. The molecule has 19 heavy (non-hydrogen) atoms. The van der Waals surface area contributed by atoms with Crippen LogP contribution in [-0.2, 0) is 11.3 Å². The Morgan fingerprint density at radius 2 is 2.05 bits per heavy atom. The van der Waals surface area contributed by atoms with Crippen molar-refractivity contribution in [3.63, 3.8) is 0 Å². The summed E-state index contributed by atoms with van der Waals surface area (Å²) in [7, 11) is 0. The smallest absolute Gasteiger partial charge is 0.209 e.